The van der Waals surface area contributed by atoms with Crippen LogP contribution >= 0.6 is 11.8 Å². The van der Waals surface area contributed by atoms with Gasteiger partial charge in [-0.2, -0.15) is 0 Å². The first-order valence-corrected chi connectivity index (χ1v) is 23.4. The molecule has 6 atom stereocenters. The lowest BCUT2D eigenvalue weighted by atomic mass is 9.55. The van der Waals surface area contributed by atoms with Crippen LogP contribution in [0, 0.1) is 17.8 Å². The van der Waals surface area contributed by atoms with Crippen molar-refractivity contribution in [2.75, 3.05) is 59.0 Å². The summed E-state index contributed by atoms with van der Waals surface area (Å²) in [6, 6.07) is 22.9. The number of unbranched alkanes of at least 4 members (excludes halogenated alkanes) is 2. The van der Waals surface area contributed by atoms with Gasteiger partial charge in [0.2, 0.25) is 5.79 Å². The lowest BCUT2D eigenvalue weighted by Crippen LogP contribution is -2.70. The zero-order chi connectivity index (χ0) is 44.4. The molecule has 12 nitrogen and oxygen atoms in total. The quantitative estimate of drug-likeness (QED) is 0.0307. The minimum absolute atomic E-state index is 0.0283. The summed E-state index contributed by atoms with van der Waals surface area (Å²) in [6.45, 7) is 8.63. The van der Waals surface area contributed by atoms with Gasteiger partial charge in [-0.25, -0.2) is 4.79 Å². The molecule has 1 fully saturated rings. The fourth-order valence-electron chi connectivity index (χ4n) is 9.27. The monoisotopic (exact) mass is 884 g/mol. The second kappa shape index (κ2) is 24.4. The lowest BCUT2D eigenvalue weighted by Gasteiger charge is -2.59. The molecule has 13 heteroatoms. The van der Waals surface area contributed by atoms with E-state index in [0.29, 0.717) is 42.2 Å². The van der Waals surface area contributed by atoms with Crippen molar-refractivity contribution in [3.8, 4) is 17.2 Å². The molecule has 1 heterocycles. The Kier molecular flexibility index (Phi) is 18.6. The molecule has 2 aliphatic carbocycles. The molecule has 0 bridgehead atoms. The van der Waals surface area contributed by atoms with Crippen molar-refractivity contribution in [1.29, 1.82) is 0 Å². The van der Waals surface area contributed by atoms with E-state index in [-0.39, 0.29) is 83.6 Å². The summed E-state index contributed by atoms with van der Waals surface area (Å²) in [7, 11) is 0. The van der Waals surface area contributed by atoms with Gasteiger partial charge >= 0.3 is 6.09 Å². The number of thioether (sulfide) groups is 1. The molecule has 6 unspecified atom stereocenters. The normalized spacial score (nSPS) is 22.8. The smallest absolute Gasteiger partial charge is 0.410 e. The molecular weight excluding hydrogens is 821 g/mol. The number of carbonyl (C=O) groups excluding carboxylic acids is 1. The van der Waals surface area contributed by atoms with Gasteiger partial charge in [0.1, 0.15) is 29.9 Å². The summed E-state index contributed by atoms with van der Waals surface area (Å²) in [5.74, 6) is -0.200. The Labute approximate surface area is 376 Å². The number of rotatable bonds is 26. The average molecular weight is 885 g/mol. The largest absolute Gasteiger partial charge is 0.459 e. The van der Waals surface area contributed by atoms with Crippen LogP contribution in [-0.4, -0.2) is 103 Å². The van der Waals surface area contributed by atoms with E-state index in [1.165, 1.54) is 0 Å². The Hall–Kier alpha value is -4.63. The number of aliphatic hydroxyl groups is 3. The molecule has 6 rings (SSSR count). The summed E-state index contributed by atoms with van der Waals surface area (Å²) >= 11 is 1.67. The second-order valence-electron chi connectivity index (χ2n) is 16.0. The van der Waals surface area contributed by atoms with Crippen LogP contribution in [0.15, 0.2) is 120 Å². The van der Waals surface area contributed by atoms with Crippen molar-refractivity contribution >= 4 is 23.6 Å². The van der Waals surface area contributed by atoms with Gasteiger partial charge < -0.3 is 43.8 Å². The highest BCUT2D eigenvalue weighted by Crippen LogP contribution is 2.62. The number of aliphatic hydroxyl groups excluding tert-OH is 3. The van der Waals surface area contributed by atoms with Crippen molar-refractivity contribution in [1.82, 2.24) is 4.90 Å². The van der Waals surface area contributed by atoms with Gasteiger partial charge in [0.15, 0.2) is 0 Å². The fourth-order valence-corrected chi connectivity index (χ4v) is 9.68. The Morgan fingerprint density at radius 2 is 1.68 bits per heavy atom. The van der Waals surface area contributed by atoms with Crippen molar-refractivity contribution in [2.24, 2.45) is 22.9 Å². The van der Waals surface area contributed by atoms with Crippen LogP contribution in [0.4, 0.5) is 4.79 Å². The summed E-state index contributed by atoms with van der Waals surface area (Å²) in [5.41, 5.74) is 3.48. The Bertz CT molecular complexity index is 1980. The minimum atomic E-state index is -1.48. The number of ether oxygens (including phenoxy) is 5. The standard InChI is InChI=1S/C50H64N2O10S/c1-4-6-29-58-49(56)52(24-30-57-31-27-55)46-34-44(51-60-35-36-14-8-7-9-15-36)42-32-37(16-10-12-25-53)41(17-11-13-26-54)47-43-33-39(61-38-18-21-40(63-3)22-19-38)20-23-45(43)62-50(46,48(42)47)59-28-5-2/h4-5,7-9,14-15,18-23,32-33,37,41,46-48,53-55H,1-2,6,10-13,16-17,24-31,34-35H2,3H3. The van der Waals surface area contributed by atoms with Crippen LogP contribution in [0.3, 0.4) is 0 Å². The molecule has 0 spiro atoms. The van der Waals surface area contributed by atoms with Gasteiger partial charge in [0, 0.05) is 42.6 Å². The van der Waals surface area contributed by atoms with E-state index in [1.807, 2.05) is 73.0 Å². The maximum atomic E-state index is 14.5. The molecule has 3 aromatic rings. The number of fused-ring (bicyclic) bond motifs is 2. The van der Waals surface area contributed by atoms with Gasteiger partial charge in [-0.05, 0) is 104 Å². The SMILES string of the molecule is C=CCCOC(=O)N(CCOCCO)C1CC(=NOCc2ccccc2)C2=CC(CCCCO)C(CCCCO)C3c4cc(Oc5ccc(SC)cc5)ccc4OC1(OCC=C)C23. The van der Waals surface area contributed by atoms with E-state index in [9.17, 15) is 20.1 Å². The van der Waals surface area contributed by atoms with Crippen molar-refractivity contribution in [3.63, 3.8) is 0 Å². The Balaban J connectivity index is 1.57. The topological polar surface area (TPSA) is 149 Å². The molecule has 63 heavy (non-hydrogen) atoms. The lowest BCUT2D eigenvalue weighted by molar-refractivity contribution is -0.256. The van der Waals surface area contributed by atoms with E-state index in [0.717, 1.165) is 47.3 Å². The van der Waals surface area contributed by atoms with Crippen LogP contribution in [0.25, 0.3) is 0 Å². The van der Waals surface area contributed by atoms with Gasteiger partial charge in [-0.1, -0.05) is 66.6 Å². The molecule has 0 aromatic heterocycles. The first-order chi connectivity index (χ1) is 30.9. The highest BCUT2D eigenvalue weighted by molar-refractivity contribution is 7.98. The van der Waals surface area contributed by atoms with Crippen LogP contribution in [0.5, 0.6) is 17.2 Å². The summed E-state index contributed by atoms with van der Waals surface area (Å²) in [6.07, 6.45) is 12.3. The molecule has 3 aliphatic rings. The number of benzene rings is 3. The van der Waals surface area contributed by atoms with E-state index in [2.05, 4.69) is 25.3 Å². The Morgan fingerprint density at radius 1 is 0.921 bits per heavy atom. The number of oxime groups is 1. The van der Waals surface area contributed by atoms with E-state index >= 15 is 0 Å². The number of hydrogen-bond acceptors (Lipinski definition) is 12. The predicted octanol–water partition coefficient (Wildman–Crippen LogP) is 9.06. The molecule has 0 radical (unpaired) electrons. The summed E-state index contributed by atoms with van der Waals surface area (Å²) < 4.78 is 32.6. The molecule has 1 saturated carbocycles. The van der Waals surface area contributed by atoms with Crippen molar-refractivity contribution < 1.29 is 48.6 Å². The summed E-state index contributed by atoms with van der Waals surface area (Å²) in [5, 5.41) is 34.4. The van der Waals surface area contributed by atoms with Gasteiger partial charge in [0.05, 0.1) is 44.7 Å². The van der Waals surface area contributed by atoms with Crippen molar-refractivity contribution in [2.45, 2.75) is 80.6 Å². The van der Waals surface area contributed by atoms with Gasteiger partial charge in [-0.15, -0.1) is 24.9 Å². The first kappa shape index (κ1) is 47.8. The maximum Gasteiger partial charge on any atom is 0.410 e. The van der Waals surface area contributed by atoms with Crippen LogP contribution < -0.4 is 9.47 Å². The van der Waals surface area contributed by atoms with E-state index in [4.69, 9.17) is 33.7 Å². The fraction of sp³-hybridized carbons (Fsp3) is 0.480. The molecule has 340 valence electrons. The summed E-state index contributed by atoms with van der Waals surface area (Å²) in [4.78, 5) is 23.4. The third kappa shape index (κ3) is 11.9. The predicted molar refractivity (Wildman–Crippen MR) is 245 cm³/mol. The molecule has 1 aliphatic heterocycles. The van der Waals surface area contributed by atoms with Crippen LogP contribution in [0.1, 0.15) is 68.4 Å². The molecule has 0 saturated heterocycles. The molecule has 3 N–H and O–H groups in total. The van der Waals surface area contributed by atoms with Crippen LogP contribution in [0.2, 0.25) is 0 Å². The minimum Gasteiger partial charge on any atom is -0.459 e. The first-order valence-electron chi connectivity index (χ1n) is 22.2. The third-order valence-electron chi connectivity index (χ3n) is 12.1. The highest BCUT2D eigenvalue weighted by atomic mass is 32.2. The number of hydrogen-bond donors (Lipinski definition) is 3. The number of allylic oxidation sites excluding steroid dienone is 1. The second-order valence-corrected chi connectivity index (χ2v) is 16.9. The highest BCUT2D eigenvalue weighted by Gasteiger charge is 2.65. The van der Waals surface area contributed by atoms with E-state index in [1.54, 1.807) is 28.8 Å². The zero-order valence-electron chi connectivity index (χ0n) is 36.5. The number of amides is 1. The van der Waals surface area contributed by atoms with Crippen LogP contribution in [-0.2, 0) is 25.7 Å². The molecule has 3 aromatic carbocycles. The van der Waals surface area contributed by atoms with E-state index < -0.39 is 23.8 Å². The molecular formula is C50H64N2O10S. The van der Waals surface area contributed by atoms with Gasteiger partial charge in [0.25, 0.3) is 0 Å². The average Bonchev–Trinajstić information content (AvgIpc) is 3.30. The number of nitrogens with zero attached hydrogens (tertiary/aromatic N) is 2. The van der Waals surface area contributed by atoms with Crippen molar-refractivity contribution in [3.05, 3.63) is 121 Å². The molecule has 1 amide bonds. The van der Waals surface area contributed by atoms with Gasteiger partial charge in [-0.3, -0.25) is 4.90 Å². The third-order valence-corrected chi connectivity index (χ3v) is 12.8. The Morgan fingerprint density at radius 3 is 2.40 bits per heavy atom. The zero-order valence-corrected chi connectivity index (χ0v) is 37.3. The maximum absolute atomic E-state index is 14.5. The number of carbonyl (C=O) groups is 1.